The number of morpholine rings is 2. The highest BCUT2D eigenvalue weighted by molar-refractivity contribution is 7.99. The minimum Gasteiger partial charge on any atom is -0.379 e. The molecule has 2 aromatic heterocycles. The number of benzene rings is 3. The van der Waals surface area contributed by atoms with Crippen LogP contribution in [0.5, 0.6) is 0 Å². The Morgan fingerprint density at radius 2 is 1.57 bits per heavy atom. The monoisotopic (exact) mass is 665 g/mol. The van der Waals surface area contributed by atoms with Crippen molar-refractivity contribution in [3.8, 4) is 17.2 Å². The lowest BCUT2D eigenvalue weighted by atomic mass is 9.96. The third-order valence-electron chi connectivity index (χ3n) is 8.70. The van der Waals surface area contributed by atoms with Crippen molar-refractivity contribution in [1.29, 1.82) is 5.26 Å². The molecule has 240 valence electrons. The summed E-state index contributed by atoms with van der Waals surface area (Å²) in [5.74, 6) is 0. The fraction of sp³-hybridized carbons (Fsp3) is 0.306. The molecule has 11 heteroatoms. The SMILES string of the molecule is Cn1ccnc1Sc1ccc(Nc2c(C#N)cnc3cc(-c4ccc(CN5CCOCC5)c(CN5CCOCC5)c4)ccc23)cc1Cl. The quantitative estimate of drug-likeness (QED) is 0.184. The number of aromatic nitrogens is 3. The van der Waals surface area contributed by atoms with Gasteiger partial charge in [0.05, 0.1) is 48.2 Å². The lowest BCUT2D eigenvalue weighted by Crippen LogP contribution is -2.37. The van der Waals surface area contributed by atoms with Gasteiger partial charge in [-0.15, -0.1) is 0 Å². The highest BCUT2D eigenvalue weighted by Crippen LogP contribution is 2.37. The number of imidazole rings is 1. The molecule has 1 N–H and O–H groups in total. The van der Waals surface area contributed by atoms with Crippen LogP contribution in [-0.4, -0.2) is 76.9 Å². The molecule has 0 spiro atoms. The summed E-state index contributed by atoms with van der Waals surface area (Å²) in [6.07, 6.45) is 5.31. The van der Waals surface area contributed by atoms with Crippen molar-refractivity contribution < 1.29 is 9.47 Å². The van der Waals surface area contributed by atoms with Gasteiger partial charge in [-0.2, -0.15) is 5.26 Å². The molecule has 0 amide bonds. The molecule has 3 aromatic carbocycles. The second kappa shape index (κ2) is 14.4. The first kappa shape index (κ1) is 31.6. The van der Waals surface area contributed by atoms with E-state index >= 15 is 0 Å². The van der Waals surface area contributed by atoms with Crippen LogP contribution in [-0.2, 0) is 29.6 Å². The molecular formula is C36H36ClN7O2S. The Labute approximate surface area is 284 Å². The maximum absolute atomic E-state index is 9.97. The molecule has 0 unspecified atom stereocenters. The van der Waals surface area contributed by atoms with Gasteiger partial charge in [0.2, 0.25) is 0 Å². The van der Waals surface area contributed by atoms with E-state index in [9.17, 15) is 5.26 Å². The Balaban J connectivity index is 1.17. The molecule has 0 saturated carbocycles. The summed E-state index contributed by atoms with van der Waals surface area (Å²) in [6.45, 7) is 8.72. The van der Waals surface area contributed by atoms with Gasteiger partial charge >= 0.3 is 0 Å². The Hall–Kier alpha value is -3.95. The number of anilines is 2. The number of nitrogens with zero attached hydrogens (tertiary/aromatic N) is 6. The fourth-order valence-corrected chi connectivity index (χ4v) is 7.16. The maximum Gasteiger partial charge on any atom is 0.172 e. The van der Waals surface area contributed by atoms with E-state index in [4.69, 9.17) is 26.1 Å². The number of ether oxygens (including phenoxy) is 2. The summed E-state index contributed by atoms with van der Waals surface area (Å²) in [4.78, 5) is 14.9. The van der Waals surface area contributed by atoms with Crippen molar-refractivity contribution in [2.24, 2.45) is 7.05 Å². The first-order valence-corrected chi connectivity index (χ1v) is 17.0. The standard InChI is InChI=1S/C36H36ClN7O2S/c1-42-9-8-39-36(42)47-34-7-5-30(20-32(34)37)41-35-29(21-38)22-40-33-19-26(4-6-31(33)35)25-2-3-27(23-43-10-14-45-15-11-43)28(18-25)24-44-12-16-46-17-13-44/h2-9,18-20,22H,10-17,23-24H2,1H3,(H,40,41). The summed E-state index contributed by atoms with van der Waals surface area (Å²) >= 11 is 8.20. The van der Waals surface area contributed by atoms with Gasteiger partial charge in [0.25, 0.3) is 0 Å². The van der Waals surface area contributed by atoms with Gasteiger partial charge in [-0.1, -0.05) is 47.6 Å². The van der Waals surface area contributed by atoms with Crippen LogP contribution in [0.25, 0.3) is 22.0 Å². The van der Waals surface area contributed by atoms with E-state index in [1.54, 1.807) is 12.4 Å². The van der Waals surface area contributed by atoms with Gasteiger partial charge < -0.3 is 19.4 Å². The summed E-state index contributed by atoms with van der Waals surface area (Å²) < 4.78 is 13.2. The number of nitrogens with one attached hydrogen (secondary N) is 1. The molecule has 5 aromatic rings. The van der Waals surface area contributed by atoms with Crippen LogP contribution in [0.2, 0.25) is 5.02 Å². The zero-order chi connectivity index (χ0) is 32.2. The molecule has 2 aliphatic rings. The lowest BCUT2D eigenvalue weighted by molar-refractivity contribution is 0.0309. The smallest absolute Gasteiger partial charge is 0.172 e. The Morgan fingerprint density at radius 1 is 0.872 bits per heavy atom. The molecule has 47 heavy (non-hydrogen) atoms. The van der Waals surface area contributed by atoms with Crippen LogP contribution in [0, 0.1) is 11.3 Å². The first-order chi connectivity index (χ1) is 23.0. The number of hydrogen-bond acceptors (Lipinski definition) is 9. The normalized spacial score (nSPS) is 15.9. The highest BCUT2D eigenvalue weighted by atomic mass is 35.5. The Kier molecular flexibility index (Phi) is 9.72. The molecule has 0 radical (unpaired) electrons. The maximum atomic E-state index is 9.97. The predicted octanol–water partition coefficient (Wildman–Crippen LogP) is 6.72. The molecule has 2 saturated heterocycles. The largest absolute Gasteiger partial charge is 0.379 e. The van der Waals surface area contributed by atoms with E-state index in [1.807, 2.05) is 36.0 Å². The number of rotatable bonds is 9. The highest BCUT2D eigenvalue weighted by Gasteiger charge is 2.18. The molecule has 0 atom stereocenters. The molecule has 2 fully saturated rings. The van der Waals surface area contributed by atoms with Crippen LogP contribution in [0.1, 0.15) is 16.7 Å². The lowest BCUT2D eigenvalue weighted by Gasteiger charge is -2.30. The number of hydrogen-bond donors (Lipinski definition) is 1. The van der Waals surface area contributed by atoms with Crippen molar-refractivity contribution in [2.75, 3.05) is 57.9 Å². The third-order valence-corrected chi connectivity index (χ3v) is 10.3. The van der Waals surface area contributed by atoms with Gasteiger partial charge in [0.15, 0.2) is 5.16 Å². The molecule has 7 rings (SSSR count). The number of nitriles is 1. The zero-order valence-electron chi connectivity index (χ0n) is 26.3. The van der Waals surface area contributed by atoms with Crippen LogP contribution in [0.15, 0.2) is 83.2 Å². The molecule has 2 aliphatic heterocycles. The van der Waals surface area contributed by atoms with E-state index in [-0.39, 0.29) is 0 Å². The van der Waals surface area contributed by atoms with Gasteiger partial charge in [0, 0.05) is 80.9 Å². The van der Waals surface area contributed by atoms with Gasteiger partial charge in [0.1, 0.15) is 6.07 Å². The van der Waals surface area contributed by atoms with Crippen LogP contribution in [0.3, 0.4) is 0 Å². The molecule has 9 nitrogen and oxygen atoms in total. The Morgan fingerprint density at radius 3 is 2.26 bits per heavy atom. The number of aryl methyl sites for hydroxylation is 1. The zero-order valence-corrected chi connectivity index (χ0v) is 27.9. The molecular weight excluding hydrogens is 630 g/mol. The second-order valence-electron chi connectivity index (χ2n) is 11.8. The first-order valence-electron chi connectivity index (χ1n) is 15.8. The summed E-state index contributed by atoms with van der Waals surface area (Å²) in [5.41, 5.74) is 7.70. The third kappa shape index (κ3) is 7.31. The van der Waals surface area contributed by atoms with Crippen molar-refractivity contribution in [1.82, 2.24) is 24.3 Å². The van der Waals surface area contributed by atoms with Gasteiger partial charge in [-0.25, -0.2) is 4.98 Å². The average molecular weight is 666 g/mol. The minimum atomic E-state index is 0.466. The molecule has 4 heterocycles. The van der Waals surface area contributed by atoms with E-state index < -0.39 is 0 Å². The van der Waals surface area contributed by atoms with Crippen molar-refractivity contribution in [3.63, 3.8) is 0 Å². The topological polar surface area (TPSA) is 91.5 Å². The van der Waals surface area contributed by atoms with Crippen molar-refractivity contribution in [2.45, 2.75) is 23.1 Å². The summed E-state index contributed by atoms with van der Waals surface area (Å²) in [7, 11) is 1.95. The van der Waals surface area contributed by atoms with E-state index in [2.05, 4.69) is 62.6 Å². The summed E-state index contributed by atoms with van der Waals surface area (Å²) in [5, 5.41) is 15.8. The minimum absolute atomic E-state index is 0.466. The fourth-order valence-electron chi connectivity index (χ4n) is 6.05. The van der Waals surface area contributed by atoms with Gasteiger partial charge in [-0.05, 0) is 52.6 Å². The Bertz CT molecular complexity index is 1930. The number of halogens is 1. The van der Waals surface area contributed by atoms with Crippen LogP contribution < -0.4 is 5.32 Å². The molecule has 0 bridgehead atoms. The van der Waals surface area contributed by atoms with E-state index in [0.717, 1.165) is 103 Å². The van der Waals surface area contributed by atoms with E-state index in [1.165, 1.54) is 22.9 Å². The van der Waals surface area contributed by atoms with Crippen molar-refractivity contribution >= 4 is 45.6 Å². The van der Waals surface area contributed by atoms with Crippen LogP contribution >= 0.6 is 23.4 Å². The number of fused-ring (bicyclic) bond motifs is 1. The summed E-state index contributed by atoms with van der Waals surface area (Å²) in [6, 6.07) is 21.2. The number of pyridine rings is 1. The molecule has 0 aliphatic carbocycles. The van der Waals surface area contributed by atoms with Gasteiger partial charge in [-0.3, -0.25) is 14.8 Å². The van der Waals surface area contributed by atoms with Crippen molar-refractivity contribution in [3.05, 3.63) is 94.9 Å². The predicted molar refractivity (Wildman–Crippen MR) is 186 cm³/mol. The van der Waals surface area contributed by atoms with Crippen LogP contribution in [0.4, 0.5) is 11.4 Å². The average Bonchev–Trinajstić information content (AvgIpc) is 3.51. The second-order valence-corrected chi connectivity index (χ2v) is 13.3. The van der Waals surface area contributed by atoms with E-state index in [0.29, 0.717) is 16.3 Å².